The van der Waals surface area contributed by atoms with Gasteiger partial charge in [-0.2, -0.15) is 0 Å². The lowest BCUT2D eigenvalue weighted by atomic mass is 9.98. The summed E-state index contributed by atoms with van der Waals surface area (Å²) in [5, 5.41) is 3.26. The summed E-state index contributed by atoms with van der Waals surface area (Å²) in [6, 6.07) is 0.447. The Hall–Kier alpha value is -0.610. The van der Waals surface area contributed by atoms with Gasteiger partial charge in [0.15, 0.2) is 0 Å². The average Bonchev–Trinajstić information content (AvgIpc) is 2.76. The van der Waals surface area contributed by atoms with Crippen molar-refractivity contribution in [2.24, 2.45) is 0 Å². The van der Waals surface area contributed by atoms with E-state index >= 15 is 0 Å². The minimum Gasteiger partial charge on any atom is -0.365 e. The van der Waals surface area contributed by atoms with Crippen molar-refractivity contribution in [1.82, 2.24) is 10.2 Å². The van der Waals surface area contributed by atoms with Gasteiger partial charge in [-0.25, -0.2) is 0 Å². The average molecular weight is 226 g/mol. The topological polar surface area (TPSA) is 41.6 Å². The molecule has 2 atom stereocenters. The Bertz CT molecular complexity index is 262. The third-order valence-electron chi connectivity index (χ3n) is 3.79. The van der Waals surface area contributed by atoms with Crippen molar-refractivity contribution in [3.8, 4) is 0 Å². The molecular formula is C12H22N2O2. The zero-order chi connectivity index (χ0) is 11.6. The number of rotatable bonds is 2. The van der Waals surface area contributed by atoms with E-state index in [2.05, 4.69) is 5.32 Å². The predicted octanol–water partition coefficient (Wildman–Crippen LogP) is 0.766. The van der Waals surface area contributed by atoms with Gasteiger partial charge in [0.25, 0.3) is 5.91 Å². The summed E-state index contributed by atoms with van der Waals surface area (Å²) in [4.78, 5) is 14.3. The molecule has 0 bridgehead atoms. The fourth-order valence-electron chi connectivity index (χ4n) is 2.68. The number of likely N-dealkylation sites (N-methyl/N-ethyl adjacent to an activating group) is 1. The van der Waals surface area contributed by atoms with Crippen LogP contribution in [0.3, 0.4) is 0 Å². The third-order valence-corrected chi connectivity index (χ3v) is 3.79. The molecule has 0 radical (unpaired) electrons. The smallest absolute Gasteiger partial charge is 0.254 e. The van der Waals surface area contributed by atoms with E-state index in [0.717, 1.165) is 45.4 Å². The Kier molecular flexibility index (Phi) is 3.50. The molecule has 1 amide bonds. The van der Waals surface area contributed by atoms with Crippen molar-refractivity contribution < 1.29 is 9.53 Å². The maximum absolute atomic E-state index is 12.4. The first-order valence-electron chi connectivity index (χ1n) is 6.26. The number of nitrogens with zero attached hydrogens (tertiary/aromatic N) is 1. The molecule has 2 aliphatic heterocycles. The molecular weight excluding hydrogens is 204 g/mol. The molecule has 0 aromatic heterocycles. The lowest BCUT2D eigenvalue weighted by Crippen LogP contribution is -2.53. The van der Waals surface area contributed by atoms with E-state index in [-0.39, 0.29) is 5.91 Å². The molecule has 2 aliphatic rings. The molecule has 2 rings (SSSR count). The maximum atomic E-state index is 12.4. The minimum absolute atomic E-state index is 0.185. The number of amides is 1. The molecule has 0 spiro atoms. The highest BCUT2D eigenvalue weighted by Gasteiger charge is 2.41. The van der Waals surface area contributed by atoms with Gasteiger partial charge in [0.05, 0.1) is 0 Å². The van der Waals surface area contributed by atoms with Gasteiger partial charge in [-0.05, 0) is 39.7 Å². The molecule has 4 heteroatoms. The first-order valence-corrected chi connectivity index (χ1v) is 6.26. The van der Waals surface area contributed by atoms with E-state index in [0.29, 0.717) is 6.04 Å². The number of nitrogens with one attached hydrogen (secondary N) is 1. The maximum Gasteiger partial charge on any atom is 0.254 e. The molecule has 2 unspecified atom stereocenters. The van der Waals surface area contributed by atoms with Crippen LogP contribution in [0.15, 0.2) is 0 Å². The molecule has 2 heterocycles. The van der Waals surface area contributed by atoms with Gasteiger partial charge in [0, 0.05) is 25.7 Å². The highest BCUT2D eigenvalue weighted by Crippen LogP contribution is 2.28. The summed E-state index contributed by atoms with van der Waals surface area (Å²) in [6.07, 6.45) is 4.13. The van der Waals surface area contributed by atoms with Gasteiger partial charge >= 0.3 is 0 Å². The lowest BCUT2D eigenvalue weighted by Gasteiger charge is -2.37. The summed E-state index contributed by atoms with van der Waals surface area (Å²) in [5.74, 6) is 0.185. The molecule has 2 fully saturated rings. The summed E-state index contributed by atoms with van der Waals surface area (Å²) >= 11 is 0. The number of carbonyl (C=O) groups is 1. The number of carbonyl (C=O) groups excluding carboxylic acids is 1. The van der Waals surface area contributed by atoms with Crippen LogP contribution in [0.5, 0.6) is 0 Å². The Morgan fingerprint density at radius 2 is 2.31 bits per heavy atom. The Labute approximate surface area is 97.3 Å². The van der Waals surface area contributed by atoms with Crippen LogP contribution in [-0.2, 0) is 9.53 Å². The van der Waals surface area contributed by atoms with Crippen LogP contribution < -0.4 is 5.32 Å². The zero-order valence-electron chi connectivity index (χ0n) is 10.3. The second-order valence-electron chi connectivity index (χ2n) is 5.06. The molecule has 1 N–H and O–H groups in total. The molecule has 92 valence electrons. The SMILES string of the molecule is CNC1CCCN(C(=O)C2(C)CCCO2)C1. The van der Waals surface area contributed by atoms with Gasteiger partial charge in [0.2, 0.25) is 0 Å². The van der Waals surface area contributed by atoms with E-state index in [1.165, 1.54) is 0 Å². The van der Waals surface area contributed by atoms with Crippen molar-refractivity contribution in [1.29, 1.82) is 0 Å². The third kappa shape index (κ3) is 2.23. The fraction of sp³-hybridized carbons (Fsp3) is 0.917. The number of hydrogen-bond acceptors (Lipinski definition) is 3. The minimum atomic E-state index is -0.546. The monoisotopic (exact) mass is 226 g/mol. The van der Waals surface area contributed by atoms with E-state index in [9.17, 15) is 4.79 Å². The highest BCUT2D eigenvalue weighted by atomic mass is 16.5. The summed E-state index contributed by atoms with van der Waals surface area (Å²) in [5.41, 5.74) is -0.546. The summed E-state index contributed by atoms with van der Waals surface area (Å²) < 4.78 is 5.61. The second-order valence-corrected chi connectivity index (χ2v) is 5.06. The van der Waals surface area contributed by atoms with Gasteiger partial charge in [-0.15, -0.1) is 0 Å². The molecule has 16 heavy (non-hydrogen) atoms. The normalized spacial score (nSPS) is 35.4. The molecule has 0 aromatic rings. The highest BCUT2D eigenvalue weighted by molar-refractivity contribution is 5.85. The van der Waals surface area contributed by atoms with Crippen LogP contribution >= 0.6 is 0 Å². The van der Waals surface area contributed by atoms with Crippen LogP contribution in [0.2, 0.25) is 0 Å². The first kappa shape index (κ1) is 11.9. The van der Waals surface area contributed by atoms with Crippen LogP contribution in [-0.4, -0.2) is 49.2 Å². The Morgan fingerprint density at radius 3 is 2.94 bits per heavy atom. The van der Waals surface area contributed by atoms with Crippen molar-refractivity contribution in [2.45, 2.75) is 44.2 Å². The Morgan fingerprint density at radius 1 is 1.50 bits per heavy atom. The molecule has 4 nitrogen and oxygen atoms in total. The molecule has 0 saturated carbocycles. The quantitative estimate of drug-likeness (QED) is 0.756. The van der Waals surface area contributed by atoms with Crippen LogP contribution in [0.25, 0.3) is 0 Å². The first-order chi connectivity index (χ1) is 7.65. The standard InChI is InChI=1S/C12H22N2O2/c1-12(6-4-8-16-12)11(15)14-7-3-5-10(9-14)13-2/h10,13H,3-9H2,1-2H3. The second kappa shape index (κ2) is 4.72. The zero-order valence-corrected chi connectivity index (χ0v) is 10.3. The summed E-state index contributed by atoms with van der Waals surface area (Å²) in [7, 11) is 1.96. The van der Waals surface area contributed by atoms with E-state index < -0.39 is 5.60 Å². The fourth-order valence-corrected chi connectivity index (χ4v) is 2.68. The van der Waals surface area contributed by atoms with Gasteiger partial charge in [0.1, 0.15) is 5.60 Å². The van der Waals surface area contributed by atoms with Gasteiger partial charge in [-0.3, -0.25) is 4.79 Å². The summed E-state index contributed by atoms with van der Waals surface area (Å²) in [6.45, 7) is 4.38. The van der Waals surface area contributed by atoms with Gasteiger partial charge in [-0.1, -0.05) is 0 Å². The number of piperidine rings is 1. The Balaban J connectivity index is 1.98. The van der Waals surface area contributed by atoms with Crippen molar-refractivity contribution in [3.63, 3.8) is 0 Å². The van der Waals surface area contributed by atoms with Crippen LogP contribution in [0, 0.1) is 0 Å². The van der Waals surface area contributed by atoms with E-state index in [1.54, 1.807) is 0 Å². The predicted molar refractivity (Wildman–Crippen MR) is 62.3 cm³/mol. The molecule has 2 saturated heterocycles. The number of hydrogen-bond donors (Lipinski definition) is 1. The van der Waals surface area contributed by atoms with E-state index in [1.807, 2.05) is 18.9 Å². The van der Waals surface area contributed by atoms with Crippen molar-refractivity contribution >= 4 is 5.91 Å². The number of likely N-dealkylation sites (tertiary alicyclic amines) is 1. The van der Waals surface area contributed by atoms with Crippen molar-refractivity contribution in [3.05, 3.63) is 0 Å². The van der Waals surface area contributed by atoms with E-state index in [4.69, 9.17) is 4.74 Å². The van der Waals surface area contributed by atoms with Gasteiger partial charge < -0.3 is 15.0 Å². The number of ether oxygens (including phenoxy) is 1. The lowest BCUT2D eigenvalue weighted by molar-refractivity contribution is -0.152. The molecule has 0 aliphatic carbocycles. The van der Waals surface area contributed by atoms with Crippen LogP contribution in [0.4, 0.5) is 0 Å². The molecule has 0 aromatic carbocycles. The van der Waals surface area contributed by atoms with Crippen LogP contribution in [0.1, 0.15) is 32.6 Å². The van der Waals surface area contributed by atoms with Crippen molar-refractivity contribution in [2.75, 3.05) is 26.7 Å². The largest absolute Gasteiger partial charge is 0.365 e.